The van der Waals surface area contributed by atoms with E-state index in [2.05, 4.69) is 11.1 Å². The second-order valence-corrected chi connectivity index (χ2v) is 7.09. The number of aromatic nitrogens is 1. The van der Waals surface area contributed by atoms with E-state index >= 15 is 0 Å². The molecule has 0 aliphatic heterocycles. The van der Waals surface area contributed by atoms with Gasteiger partial charge < -0.3 is 4.74 Å². The van der Waals surface area contributed by atoms with E-state index in [9.17, 15) is 23.7 Å². The van der Waals surface area contributed by atoms with E-state index in [1.807, 2.05) is 0 Å². The van der Waals surface area contributed by atoms with Crippen LogP contribution in [0.4, 0.5) is 13.2 Å². The maximum atomic E-state index is 13.7. The van der Waals surface area contributed by atoms with Crippen molar-refractivity contribution in [2.75, 3.05) is 7.11 Å². The summed E-state index contributed by atoms with van der Waals surface area (Å²) in [6.07, 6.45) is -4.71. The molecule has 3 rings (SSSR count). The molecule has 0 saturated carbocycles. The molecule has 0 saturated heterocycles. The summed E-state index contributed by atoms with van der Waals surface area (Å²) in [5.74, 6) is 0.764. The molecule has 0 atom stereocenters. The van der Waals surface area contributed by atoms with Gasteiger partial charge in [0.25, 0.3) is 0 Å². The molecule has 0 fully saturated rings. The van der Waals surface area contributed by atoms with Crippen LogP contribution in [-0.2, 0) is 11.9 Å². The second kappa shape index (κ2) is 8.89. The van der Waals surface area contributed by atoms with Crippen molar-refractivity contribution in [1.82, 2.24) is 4.98 Å². The Morgan fingerprint density at radius 1 is 1.03 bits per heavy atom. The molecule has 30 heavy (non-hydrogen) atoms. The molecular formula is C22H14F3N3OS. The molecule has 0 amide bonds. The fraction of sp³-hybridized carbons (Fsp3) is 0.136. The molecule has 0 spiro atoms. The quantitative estimate of drug-likeness (QED) is 0.483. The van der Waals surface area contributed by atoms with Gasteiger partial charge in [-0.3, -0.25) is 0 Å². The van der Waals surface area contributed by atoms with Crippen molar-refractivity contribution in [2.45, 2.75) is 17.0 Å². The van der Waals surface area contributed by atoms with Crippen molar-refractivity contribution in [1.29, 1.82) is 10.5 Å². The number of hydrogen-bond donors (Lipinski definition) is 0. The Hall–Kier alpha value is -3.49. The number of thioether (sulfide) groups is 1. The predicted molar refractivity (Wildman–Crippen MR) is 107 cm³/mol. The van der Waals surface area contributed by atoms with E-state index in [1.165, 1.54) is 7.11 Å². The molecule has 1 heterocycles. The second-order valence-electron chi connectivity index (χ2n) is 6.13. The largest absolute Gasteiger partial charge is 0.497 e. The van der Waals surface area contributed by atoms with Crippen molar-refractivity contribution >= 4 is 11.8 Å². The summed E-state index contributed by atoms with van der Waals surface area (Å²) in [6.45, 7) is 0. The topological polar surface area (TPSA) is 69.7 Å². The zero-order valence-corrected chi connectivity index (χ0v) is 16.5. The van der Waals surface area contributed by atoms with E-state index in [1.54, 1.807) is 54.6 Å². The first-order valence-electron chi connectivity index (χ1n) is 8.65. The average Bonchev–Trinajstić information content (AvgIpc) is 2.76. The molecule has 0 N–H and O–H groups in total. The molecule has 0 aliphatic rings. The zero-order chi connectivity index (χ0) is 21.7. The molecular weight excluding hydrogens is 411 g/mol. The summed E-state index contributed by atoms with van der Waals surface area (Å²) in [5, 5.41) is 18.6. The zero-order valence-electron chi connectivity index (χ0n) is 15.7. The fourth-order valence-electron chi connectivity index (χ4n) is 2.77. The van der Waals surface area contributed by atoms with Gasteiger partial charge in [0.05, 0.1) is 35.6 Å². The third kappa shape index (κ3) is 4.56. The van der Waals surface area contributed by atoms with Crippen molar-refractivity contribution in [2.24, 2.45) is 0 Å². The van der Waals surface area contributed by atoms with E-state index in [4.69, 9.17) is 4.74 Å². The molecule has 150 valence electrons. The van der Waals surface area contributed by atoms with Crippen LogP contribution in [-0.4, -0.2) is 12.1 Å². The first kappa shape index (κ1) is 21.2. The summed E-state index contributed by atoms with van der Waals surface area (Å²) in [6, 6.07) is 17.8. The van der Waals surface area contributed by atoms with Crippen LogP contribution in [0, 0.1) is 22.7 Å². The minimum atomic E-state index is -4.71. The molecule has 1 aromatic heterocycles. The van der Waals surface area contributed by atoms with Gasteiger partial charge in [-0.15, -0.1) is 11.8 Å². The van der Waals surface area contributed by atoms with Gasteiger partial charge in [0.1, 0.15) is 16.8 Å². The van der Waals surface area contributed by atoms with Crippen LogP contribution in [0.1, 0.15) is 22.3 Å². The summed E-state index contributed by atoms with van der Waals surface area (Å²) in [7, 11) is 1.49. The van der Waals surface area contributed by atoms with E-state index in [0.29, 0.717) is 22.4 Å². The van der Waals surface area contributed by atoms with Gasteiger partial charge in [0.2, 0.25) is 0 Å². The number of hydrogen-bond acceptors (Lipinski definition) is 5. The molecule has 0 radical (unpaired) electrons. The molecule has 8 heteroatoms. The SMILES string of the molecule is COc1ccc(-c2cc(C(F)(F)F)c(C#N)c(SCc3ccccc3C#N)n2)cc1. The fourth-order valence-corrected chi connectivity index (χ4v) is 3.78. The van der Waals surface area contributed by atoms with Gasteiger partial charge in [-0.2, -0.15) is 23.7 Å². The van der Waals surface area contributed by atoms with E-state index in [0.717, 1.165) is 17.8 Å². The summed E-state index contributed by atoms with van der Waals surface area (Å²) in [4.78, 5) is 4.33. The lowest BCUT2D eigenvalue weighted by molar-refractivity contribution is -0.138. The molecule has 0 unspecified atom stereocenters. The lowest BCUT2D eigenvalue weighted by Crippen LogP contribution is -2.10. The number of nitrogens with zero attached hydrogens (tertiary/aromatic N) is 3. The number of rotatable bonds is 5. The molecule has 3 aromatic rings. The predicted octanol–water partition coefficient (Wildman–Crippen LogP) is 5.81. The highest BCUT2D eigenvalue weighted by molar-refractivity contribution is 7.98. The minimum absolute atomic E-state index is 0.0362. The third-order valence-corrected chi connectivity index (χ3v) is 5.32. The number of nitriles is 2. The van der Waals surface area contributed by atoms with Crippen LogP contribution < -0.4 is 4.74 Å². The van der Waals surface area contributed by atoms with Gasteiger partial charge in [-0.25, -0.2) is 4.98 Å². The van der Waals surface area contributed by atoms with Crippen LogP contribution in [0.5, 0.6) is 5.75 Å². The smallest absolute Gasteiger partial charge is 0.417 e. The van der Waals surface area contributed by atoms with Gasteiger partial charge in [0.15, 0.2) is 0 Å². The highest BCUT2D eigenvalue weighted by Gasteiger charge is 2.36. The Morgan fingerprint density at radius 3 is 2.33 bits per heavy atom. The molecule has 0 bridgehead atoms. The monoisotopic (exact) mass is 425 g/mol. The van der Waals surface area contributed by atoms with Crippen LogP contribution in [0.25, 0.3) is 11.3 Å². The summed E-state index contributed by atoms with van der Waals surface area (Å²) < 4.78 is 46.1. The summed E-state index contributed by atoms with van der Waals surface area (Å²) >= 11 is 0.992. The van der Waals surface area contributed by atoms with E-state index in [-0.39, 0.29) is 16.5 Å². The van der Waals surface area contributed by atoms with Gasteiger partial charge in [-0.1, -0.05) is 18.2 Å². The van der Waals surface area contributed by atoms with Crippen LogP contribution >= 0.6 is 11.8 Å². The Bertz CT molecular complexity index is 1150. The first-order chi connectivity index (χ1) is 14.4. The van der Waals surface area contributed by atoms with Crippen LogP contribution in [0.2, 0.25) is 0 Å². The number of halogens is 3. The average molecular weight is 425 g/mol. The number of benzene rings is 2. The number of ether oxygens (including phenoxy) is 1. The van der Waals surface area contributed by atoms with Crippen molar-refractivity contribution in [3.05, 3.63) is 76.9 Å². The van der Waals surface area contributed by atoms with Gasteiger partial charge in [0, 0.05) is 11.3 Å². The normalized spacial score (nSPS) is 10.9. The molecule has 2 aromatic carbocycles. The Morgan fingerprint density at radius 2 is 1.73 bits per heavy atom. The highest BCUT2D eigenvalue weighted by atomic mass is 32.2. The lowest BCUT2D eigenvalue weighted by atomic mass is 10.1. The van der Waals surface area contributed by atoms with Crippen molar-refractivity contribution in [3.8, 4) is 29.1 Å². The van der Waals surface area contributed by atoms with Gasteiger partial charge >= 0.3 is 6.18 Å². The standard InChI is InChI=1S/C22H14F3N3OS/c1-29-17-8-6-14(7-9-17)20-10-19(22(23,24)25)18(12-27)21(28-20)30-13-16-5-3-2-4-15(16)11-26/h2-10H,13H2,1H3. The number of pyridine rings is 1. The summed E-state index contributed by atoms with van der Waals surface area (Å²) in [5.41, 5.74) is 0.0659. The van der Waals surface area contributed by atoms with Crippen LogP contribution in [0.15, 0.2) is 59.6 Å². The van der Waals surface area contributed by atoms with Crippen LogP contribution in [0.3, 0.4) is 0 Å². The minimum Gasteiger partial charge on any atom is -0.497 e. The third-order valence-electron chi connectivity index (χ3n) is 4.29. The molecule has 4 nitrogen and oxygen atoms in total. The van der Waals surface area contributed by atoms with Gasteiger partial charge in [-0.05, 0) is 42.0 Å². The van der Waals surface area contributed by atoms with Crippen molar-refractivity contribution < 1.29 is 17.9 Å². The first-order valence-corrected chi connectivity index (χ1v) is 9.63. The number of methoxy groups -OCH3 is 1. The van der Waals surface area contributed by atoms with Crippen molar-refractivity contribution in [3.63, 3.8) is 0 Å². The maximum Gasteiger partial charge on any atom is 0.417 e. The number of alkyl halides is 3. The highest BCUT2D eigenvalue weighted by Crippen LogP contribution is 2.39. The lowest BCUT2D eigenvalue weighted by Gasteiger charge is -2.14. The Labute approximate surface area is 175 Å². The Balaban J connectivity index is 2.08. The Kier molecular flexibility index (Phi) is 6.29. The molecule has 0 aliphatic carbocycles. The van der Waals surface area contributed by atoms with E-state index < -0.39 is 17.3 Å². The maximum absolute atomic E-state index is 13.7.